The normalized spacial score (nSPS) is 10.8. The molecule has 0 fully saturated rings. The number of aromatic nitrogens is 1. The van der Waals surface area contributed by atoms with Gasteiger partial charge in [-0.05, 0) is 38.1 Å². The first-order chi connectivity index (χ1) is 13.2. The summed E-state index contributed by atoms with van der Waals surface area (Å²) in [5, 5.41) is 4.71. The zero-order valence-electron chi connectivity index (χ0n) is 14.5. The molecule has 5 nitrogen and oxygen atoms in total. The van der Waals surface area contributed by atoms with Crippen LogP contribution < -0.4 is 4.74 Å². The molecule has 28 heavy (non-hydrogen) atoms. The van der Waals surface area contributed by atoms with Gasteiger partial charge >= 0.3 is 5.97 Å². The SMILES string of the molecule is CC(=O)c1cc(Cl)cc(Cl)c1OC(=O)c1c(-c2c(Cl)cccc2Cl)noc1C. The van der Waals surface area contributed by atoms with Crippen molar-refractivity contribution in [2.75, 3.05) is 0 Å². The number of ether oxygens (including phenoxy) is 1. The largest absolute Gasteiger partial charge is 0.420 e. The smallest absolute Gasteiger partial charge is 0.349 e. The van der Waals surface area contributed by atoms with Crippen molar-refractivity contribution in [3.63, 3.8) is 0 Å². The van der Waals surface area contributed by atoms with Crippen LogP contribution in [0.4, 0.5) is 0 Å². The van der Waals surface area contributed by atoms with Gasteiger partial charge in [0.05, 0.1) is 20.6 Å². The number of benzene rings is 2. The third-order valence-electron chi connectivity index (χ3n) is 3.85. The second-order valence-corrected chi connectivity index (χ2v) is 7.43. The molecule has 0 unspecified atom stereocenters. The number of nitrogens with zero attached hydrogens (tertiary/aromatic N) is 1. The monoisotopic (exact) mass is 457 g/mol. The summed E-state index contributed by atoms with van der Waals surface area (Å²) in [5.74, 6) is -1.13. The Morgan fingerprint density at radius 1 is 1.04 bits per heavy atom. The van der Waals surface area contributed by atoms with Gasteiger partial charge in [-0.2, -0.15) is 0 Å². The maximum absolute atomic E-state index is 12.9. The third-order valence-corrected chi connectivity index (χ3v) is 4.98. The standard InChI is InChI=1S/C19H11Cl4NO4/c1-8(25)11-6-10(20)7-14(23)18(11)27-19(26)15-9(2)28-24-17(15)16-12(21)4-3-5-13(16)22/h3-7H,1-2H3. The molecular formula is C19H11Cl4NO4. The fourth-order valence-electron chi connectivity index (χ4n) is 2.58. The Labute approximate surface area is 180 Å². The quantitative estimate of drug-likeness (QED) is 0.247. The summed E-state index contributed by atoms with van der Waals surface area (Å²) in [5.41, 5.74) is 0.518. The highest BCUT2D eigenvalue weighted by Crippen LogP contribution is 2.38. The molecular weight excluding hydrogens is 448 g/mol. The summed E-state index contributed by atoms with van der Waals surface area (Å²) >= 11 is 24.5. The molecule has 1 aromatic heterocycles. The van der Waals surface area contributed by atoms with Gasteiger partial charge in [-0.1, -0.05) is 57.6 Å². The average molecular weight is 459 g/mol. The van der Waals surface area contributed by atoms with E-state index in [0.29, 0.717) is 5.56 Å². The van der Waals surface area contributed by atoms with Crippen LogP contribution in [0.15, 0.2) is 34.9 Å². The number of esters is 1. The lowest BCUT2D eigenvalue weighted by Gasteiger charge is -2.11. The van der Waals surface area contributed by atoms with E-state index in [0.717, 1.165) is 0 Å². The Morgan fingerprint density at radius 3 is 2.29 bits per heavy atom. The molecule has 1 heterocycles. The van der Waals surface area contributed by atoms with E-state index >= 15 is 0 Å². The second-order valence-electron chi connectivity index (χ2n) is 5.77. The highest BCUT2D eigenvalue weighted by Gasteiger charge is 2.28. The first kappa shape index (κ1) is 20.7. The first-order valence-electron chi connectivity index (χ1n) is 7.83. The Bertz CT molecular complexity index is 1090. The number of aryl methyl sites for hydroxylation is 1. The molecule has 3 aromatic rings. The molecule has 0 atom stereocenters. The van der Waals surface area contributed by atoms with Crippen LogP contribution in [0.5, 0.6) is 5.75 Å². The second kappa shape index (κ2) is 8.13. The van der Waals surface area contributed by atoms with Crippen molar-refractivity contribution in [3.05, 3.63) is 67.3 Å². The summed E-state index contributed by atoms with van der Waals surface area (Å²) in [6.07, 6.45) is 0. The van der Waals surface area contributed by atoms with E-state index in [-0.39, 0.29) is 54.2 Å². The highest BCUT2D eigenvalue weighted by atomic mass is 35.5. The van der Waals surface area contributed by atoms with Crippen LogP contribution in [0.3, 0.4) is 0 Å². The molecule has 2 aromatic carbocycles. The number of halogens is 4. The van der Waals surface area contributed by atoms with E-state index in [9.17, 15) is 9.59 Å². The van der Waals surface area contributed by atoms with E-state index in [1.807, 2.05) is 0 Å². The van der Waals surface area contributed by atoms with Gasteiger partial charge in [-0.3, -0.25) is 4.79 Å². The minimum Gasteiger partial charge on any atom is -0.420 e. The van der Waals surface area contributed by atoms with Gasteiger partial charge in [-0.25, -0.2) is 4.79 Å². The maximum atomic E-state index is 12.9. The minimum atomic E-state index is -0.837. The Balaban J connectivity index is 2.10. The van der Waals surface area contributed by atoms with Gasteiger partial charge in [0, 0.05) is 10.6 Å². The van der Waals surface area contributed by atoms with Crippen molar-refractivity contribution in [2.24, 2.45) is 0 Å². The predicted octanol–water partition coefficient (Wildman–Crippen LogP) is 6.69. The molecule has 0 aliphatic rings. The van der Waals surface area contributed by atoms with E-state index < -0.39 is 5.97 Å². The fourth-order valence-corrected chi connectivity index (χ4v) is 3.68. The lowest BCUT2D eigenvalue weighted by Crippen LogP contribution is -2.13. The Kier molecular flexibility index (Phi) is 6.01. The van der Waals surface area contributed by atoms with Gasteiger partial charge in [0.15, 0.2) is 11.5 Å². The molecule has 0 N–H and O–H groups in total. The Hall–Kier alpha value is -2.05. The van der Waals surface area contributed by atoms with Gasteiger partial charge in [0.25, 0.3) is 0 Å². The zero-order valence-corrected chi connectivity index (χ0v) is 17.5. The van der Waals surface area contributed by atoms with Gasteiger partial charge in [-0.15, -0.1) is 0 Å². The van der Waals surface area contributed by atoms with Crippen molar-refractivity contribution < 1.29 is 18.8 Å². The van der Waals surface area contributed by atoms with Gasteiger partial charge in [0.1, 0.15) is 17.0 Å². The van der Waals surface area contributed by atoms with Crippen molar-refractivity contribution in [3.8, 4) is 17.0 Å². The average Bonchev–Trinajstić information content (AvgIpc) is 2.98. The topological polar surface area (TPSA) is 69.4 Å². The number of hydrogen-bond donors (Lipinski definition) is 0. The fraction of sp³-hybridized carbons (Fsp3) is 0.105. The third kappa shape index (κ3) is 3.89. The zero-order chi connectivity index (χ0) is 20.6. The van der Waals surface area contributed by atoms with Crippen molar-refractivity contribution in [2.45, 2.75) is 13.8 Å². The number of rotatable bonds is 4. The van der Waals surface area contributed by atoms with E-state index in [4.69, 9.17) is 55.7 Å². The summed E-state index contributed by atoms with van der Waals surface area (Å²) in [7, 11) is 0. The molecule has 144 valence electrons. The lowest BCUT2D eigenvalue weighted by atomic mass is 10.1. The lowest BCUT2D eigenvalue weighted by molar-refractivity contribution is 0.0732. The van der Waals surface area contributed by atoms with Gasteiger partial charge in [0.2, 0.25) is 0 Å². The van der Waals surface area contributed by atoms with Crippen LogP contribution in [0.25, 0.3) is 11.3 Å². The molecule has 0 saturated carbocycles. The van der Waals surface area contributed by atoms with Crippen LogP contribution in [0.2, 0.25) is 20.1 Å². The van der Waals surface area contributed by atoms with Crippen LogP contribution >= 0.6 is 46.4 Å². The minimum absolute atomic E-state index is 0.00974. The molecule has 0 spiro atoms. The number of Topliss-reactive ketones (excluding diaryl/α,β-unsaturated/α-hetero) is 1. The van der Waals surface area contributed by atoms with Crippen molar-refractivity contribution in [1.82, 2.24) is 5.16 Å². The summed E-state index contributed by atoms with van der Waals surface area (Å²) in [6.45, 7) is 2.84. The number of carbonyl (C=O) groups is 2. The molecule has 3 rings (SSSR count). The van der Waals surface area contributed by atoms with Crippen LogP contribution in [0, 0.1) is 6.92 Å². The summed E-state index contributed by atoms with van der Waals surface area (Å²) < 4.78 is 10.6. The number of carbonyl (C=O) groups excluding carboxylic acids is 2. The van der Waals surface area contributed by atoms with Crippen LogP contribution in [-0.4, -0.2) is 16.9 Å². The Morgan fingerprint density at radius 2 is 1.68 bits per heavy atom. The summed E-state index contributed by atoms with van der Waals surface area (Å²) in [4.78, 5) is 24.8. The van der Waals surface area contributed by atoms with Crippen LogP contribution in [0.1, 0.15) is 33.4 Å². The van der Waals surface area contributed by atoms with Crippen LogP contribution in [-0.2, 0) is 0 Å². The molecule has 0 radical (unpaired) electrons. The summed E-state index contributed by atoms with van der Waals surface area (Å²) in [6, 6.07) is 7.60. The molecule has 0 saturated heterocycles. The van der Waals surface area contributed by atoms with Crippen molar-refractivity contribution >= 4 is 58.2 Å². The molecule has 0 aliphatic heterocycles. The first-order valence-corrected chi connectivity index (χ1v) is 9.34. The van der Waals surface area contributed by atoms with Gasteiger partial charge < -0.3 is 9.26 Å². The number of hydrogen-bond acceptors (Lipinski definition) is 5. The van der Waals surface area contributed by atoms with E-state index in [2.05, 4.69) is 5.16 Å². The van der Waals surface area contributed by atoms with E-state index in [1.54, 1.807) is 18.2 Å². The predicted molar refractivity (Wildman–Crippen MR) is 108 cm³/mol. The van der Waals surface area contributed by atoms with E-state index in [1.165, 1.54) is 26.0 Å². The highest BCUT2D eigenvalue weighted by molar-refractivity contribution is 6.39. The molecule has 0 bridgehead atoms. The van der Waals surface area contributed by atoms with Crippen molar-refractivity contribution in [1.29, 1.82) is 0 Å². The molecule has 9 heteroatoms. The molecule has 0 amide bonds. The maximum Gasteiger partial charge on any atom is 0.349 e. The number of ketones is 1. The molecule has 0 aliphatic carbocycles.